The van der Waals surface area contributed by atoms with Gasteiger partial charge in [0.25, 0.3) is 0 Å². The quantitative estimate of drug-likeness (QED) is 0.182. The van der Waals surface area contributed by atoms with Crippen LogP contribution in [0.3, 0.4) is 0 Å². The van der Waals surface area contributed by atoms with Crippen LogP contribution in [0, 0.1) is 0 Å². The van der Waals surface area contributed by atoms with E-state index in [0.717, 1.165) is 0 Å². The van der Waals surface area contributed by atoms with Crippen LogP contribution in [0.5, 0.6) is 0 Å². The Morgan fingerprint density at radius 3 is 1.00 bits per heavy atom. The van der Waals surface area contributed by atoms with Crippen LogP contribution in [0.4, 0.5) is 0 Å². The van der Waals surface area contributed by atoms with Gasteiger partial charge in [0.1, 0.15) is 0 Å². The second-order valence-electron chi connectivity index (χ2n) is 12.7. The van der Waals surface area contributed by atoms with Crippen molar-refractivity contribution in [1.29, 1.82) is 0 Å². The molecule has 10 rings (SSSR count). The molecule has 0 amide bonds. The van der Waals surface area contributed by atoms with Crippen molar-refractivity contribution < 1.29 is 0 Å². The fourth-order valence-corrected chi connectivity index (χ4v) is 7.82. The molecule has 0 radical (unpaired) electrons. The summed E-state index contributed by atoms with van der Waals surface area (Å²) >= 11 is 0. The van der Waals surface area contributed by atoms with Crippen LogP contribution < -0.4 is 0 Å². The summed E-state index contributed by atoms with van der Waals surface area (Å²) in [5, 5.41) is 15.3. The molecule has 0 bridgehead atoms. The van der Waals surface area contributed by atoms with Gasteiger partial charge in [-0.05, 0) is 123 Å². The molecule has 10 aromatic rings. The second kappa shape index (κ2) is 10.6. The van der Waals surface area contributed by atoms with Gasteiger partial charge >= 0.3 is 0 Å². The number of benzene rings is 9. The van der Waals surface area contributed by atoms with E-state index in [9.17, 15) is 0 Å². The van der Waals surface area contributed by atoms with Crippen LogP contribution in [0.2, 0.25) is 0 Å². The highest BCUT2D eigenvalue weighted by Gasteiger charge is 2.12. The van der Waals surface area contributed by atoms with Crippen molar-refractivity contribution in [3.8, 4) is 33.4 Å². The first-order chi connectivity index (χ1) is 23.8. The highest BCUT2D eigenvalue weighted by atomic mass is 14.6. The van der Waals surface area contributed by atoms with Gasteiger partial charge in [0, 0.05) is 17.8 Å². The molecule has 0 N–H and O–H groups in total. The van der Waals surface area contributed by atoms with Crippen LogP contribution in [0.15, 0.2) is 176 Å². The first-order valence-corrected chi connectivity index (χ1v) is 16.5. The van der Waals surface area contributed by atoms with Crippen LogP contribution in [-0.4, -0.2) is 4.98 Å². The summed E-state index contributed by atoms with van der Waals surface area (Å²) in [6.45, 7) is 0. The molecule has 0 aliphatic carbocycles. The van der Waals surface area contributed by atoms with Gasteiger partial charge in [-0.3, -0.25) is 4.98 Å². The molecule has 0 saturated carbocycles. The van der Waals surface area contributed by atoms with Crippen molar-refractivity contribution in [2.45, 2.75) is 0 Å². The van der Waals surface area contributed by atoms with Gasteiger partial charge < -0.3 is 0 Å². The standard InChI is InChI=1S/C47H29N/c1-2-15-38-36(13-1)37-14-5-6-18-41(37)45-27-34(19-21-42(38)45)32-11-7-9-30(25-32)31-10-8-12-33(26-31)35-20-22-43-39-16-3-4-17-40(39)44-23-24-48-29-47(44)46(43)28-35/h1-29H. The molecule has 1 nitrogen and oxygen atoms in total. The summed E-state index contributed by atoms with van der Waals surface area (Å²) in [4.78, 5) is 4.50. The number of fused-ring (bicyclic) bond motifs is 12. The number of nitrogens with zero attached hydrogens (tertiary/aromatic N) is 1. The van der Waals surface area contributed by atoms with Crippen LogP contribution in [0.25, 0.3) is 98.0 Å². The zero-order chi connectivity index (χ0) is 31.6. The maximum absolute atomic E-state index is 4.50. The minimum atomic E-state index is 1.19. The topological polar surface area (TPSA) is 12.9 Å². The SMILES string of the molecule is c1cc(-c2cccc(-c3ccc4c5ccccc5c5ccncc5c4c3)c2)cc(-c2ccc3c4ccccc4c4ccccc4c3c2)c1. The average molecular weight is 608 g/mol. The first-order valence-electron chi connectivity index (χ1n) is 16.5. The van der Waals surface area contributed by atoms with E-state index in [0.29, 0.717) is 0 Å². The Labute approximate surface area is 278 Å². The van der Waals surface area contributed by atoms with Crippen molar-refractivity contribution in [3.05, 3.63) is 176 Å². The molecule has 48 heavy (non-hydrogen) atoms. The third-order valence-corrected chi connectivity index (χ3v) is 10.1. The number of pyridine rings is 1. The molecule has 0 spiro atoms. The zero-order valence-electron chi connectivity index (χ0n) is 26.2. The molecule has 222 valence electrons. The molecule has 0 aliphatic rings. The number of hydrogen-bond donors (Lipinski definition) is 0. The lowest BCUT2D eigenvalue weighted by Gasteiger charge is -2.13. The van der Waals surface area contributed by atoms with Crippen molar-refractivity contribution >= 4 is 64.6 Å². The van der Waals surface area contributed by atoms with Gasteiger partial charge in [0.15, 0.2) is 0 Å². The third-order valence-electron chi connectivity index (χ3n) is 10.1. The maximum Gasteiger partial charge on any atom is 0.0352 e. The molecule has 0 aliphatic heterocycles. The van der Waals surface area contributed by atoms with Gasteiger partial charge in [-0.1, -0.05) is 133 Å². The molecular formula is C47H29N. The smallest absolute Gasteiger partial charge is 0.0352 e. The lowest BCUT2D eigenvalue weighted by Crippen LogP contribution is -1.87. The van der Waals surface area contributed by atoms with Crippen LogP contribution in [0.1, 0.15) is 0 Å². The minimum Gasteiger partial charge on any atom is -0.264 e. The lowest BCUT2D eigenvalue weighted by molar-refractivity contribution is 1.37. The predicted molar refractivity (Wildman–Crippen MR) is 206 cm³/mol. The molecule has 9 aromatic carbocycles. The van der Waals surface area contributed by atoms with Gasteiger partial charge in [-0.25, -0.2) is 0 Å². The van der Waals surface area contributed by atoms with E-state index in [1.54, 1.807) is 0 Å². The molecule has 0 saturated heterocycles. The first kappa shape index (κ1) is 26.9. The average Bonchev–Trinajstić information content (AvgIpc) is 3.18. The van der Waals surface area contributed by atoms with E-state index in [1.807, 2.05) is 12.4 Å². The van der Waals surface area contributed by atoms with Gasteiger partial charge in [-0.2, -0.15) is 0 Å². The summed E-state index contributed by atoms with van der Waals surface area (Å²) in [7, 11) is 0. The summed E-state index contributed by atoms with van der Waals surface area (Å²) in [5.41, 5.74) is 7.26. The molecule has 1 heteroatoms. The summed E-state index contributed by atoms with van der Waals surface area (Å²) in [6.07, 6.45) is 3.90. The summed E-state index contributed by atoms with van der Waals surface area (Å²) in [5.74, 6) is 0. The van der Waals surface area contributed by atoms with Crippen molar-refractivity contribution in [1.82, 2.24) is 4.98 Å². The van der Waals surface area contributed by atoms with Gasteiger partial charge in [0.05, 0.1) is 0 Å². The number of rotatable bonds is 3. The fourth-order valence-electron chi connectivity index (χ4n) is 7.82. The Bertz CT molecular complexity index is 2630. The summed E-state index contributed by atoms with van der Waals surface area (Å²) < 4.78 is 0. The van der Waals surface area contributed by atoms with E-state index >= 15 is 0 Å². The highest BCUT2D eigenvalue weighted by molar-refractivity contribution is 6.26. The molecule has 1 heterocycles. The zero-order valence-corrected chi connectivity index (χ0v) is 26.2. The van der Waals surface area contributed by atoms with Gasteiger partial charge in [-0.15, -0.1) is 0 Å². The second-order valence-corrected chi connectivity index (χ2v) is 12.7. The Morgan fingerprint density at radius 1 is 0.229 bits per heavy atom. The molecule has 0 atom stereocenters. The molecule has 1 aromatic heterocycles. The largest absolute Gasteiger partial charge is 0.264 e. The number of aromatic nitrogens is 1. The highest BCUT2D eigenvalue weighted by Crippen LogP contribution is 2.39. The van der Waals surface area contributed by atoms with Crippen molar-refractivity contribution in [3.63, 3.8) is 0 Å². The van der Waals surface area contributed by atoms with E-state index in [2.05, 4.69) is 169 Å². The van der Waals surface area contributed by atoms with Gasteiger partial charge in [0.2, 0.25) is 0 Å². The monoisotopic (exact) mass is 607 g/mol. The molecule has 0 unspecified atom stereocenters. The normalized spacial score (nSPS) is 11.8. The van der Waals surface area contributed by atoms with E-state index in [4.69, 9.17) is 0 Å². The van der Waals surface area contributed by atoms with Crippen LogP contribution >= 0.6 is 0 Å². The van der Waals surface area contributed by atoms with Crippen molar-refractivity contribution in [2.24, 2.45) is 0 Å². The molecule has 0 fully saturated rings. The Balaban J connectivity index is 1.08. The van der Waals surface area contributed by atoms with E-state index in [-0.39, 0.29) is 0 Å². The lowest BCUT2D eigenvalue weighted by atomic mass is 9.91. The minimum absolute atomic E-state index is 1.19. The van der Waals surface area contributed by atoms with Crippen molar-refractivity contribution in [2.75, 3.05) is 0 Å². The maximum atomic E-state index is 4.50. The Morgan fingerprint density at radius 2 is 0.562 bits per heavy atom. The Hall–Kier alpha value is -6.31. The fraction of sp³-hybridized carbons (Fsp3) is 0. The predicted octanol–water partition coefficient (Wildman–Crippen LogP) is 13.0. The number of hydrogen-bond acceptors (Lipinski definition) is 1. The summed E-state index contributed by atoms with van der Waals surface area (Å²) in [6, 6.07) is 60.1. The van der Waals surface area contributed by atoms with E-state index < -0.39 is 0 Å². The molecular weight excluding hydrogens is 579 g/mol. The Kier molecular flexibility index (Phi) is 5.94. The van der Waals surface area contributed by atoms with Crippen LogP contribution in [-0.2, 0) is 0 Å². The van der Waals surface area contributed by atoms with E-state index in [1.165, 1.54) is 98.0 Å². The third kappa shape index (κ3) is 4.15.